The number of aromatic nitrogens is 2. The van der Waals surface area contributed by atoms with E-state index in [1.54, 1.807) is 18.0 Å². The Morgan fingerprint density at radius 2 is 2.07 bits per heavy atom. The van der Waals surface area contributed by atoms with E-state index in [0.717, 1.165) is 36.5 Å². The third-order valence-electron chi connectivity index (χ3n) is 5.32. The summed E-state index contributed by atoms with van der Waals surface area (Å²) in [7, 11) is 1.63. The summed E-state index contributed by atoms with van der Waals surface area (Å²) in [6.45, 7) is 2.78. The van der Waals surface area contributed by atoms with Crippen LogP contribution in [0.15, 0.2) is 60.8 Å². The molecule has 1 aromatic heterocycles. The van der Waals surface area contributed by atoms with E-state index in [4.69, 9.17) is 9.84 Å². The standard InChI is InChI=1S/C23H26N4O2.ClH/c1-29-20-9-5-6-18(14-20)22-21(16-27(26-22)19-7-3-2-4-8-19)23(28)25-13-11-17-10-12-24-15-17;/h2-9,14,16-17,24H,10-13,15H2,1H3,(H,25,28);1H. The number of rotatable bonds is 7. The minimum atomic E-state index is -0.101. The maximum Gasteiger partial charge on any atom is 0.255 e. The van der Waals surface area contributed by atoms with Crippen LogP contribution in [0, 0.1) is 5.92 Å². The molecule has 0 saturated carbocycles. The van der Waals surface area contributed by atoms with E-state index in [9.17, 15) is 4.79 Å². The lowest BCUT2D eigenvalue weighted by molar-refractivity contribution is 0.0952. The Morgan fingerprint density at radius 3 is 2.80 bits per heavy atom. The molecular formula is C23H27ClN4O2. The van der Waals surface area contributed by atoms with Gasteiger partial charge < -0.3 is 15.4 Å². The molecule has 0 radical (unpaired) electrons. The van der Waals surface area contributed by atoms with Crippen LogP contribution in [0.5, 0.6) is 5.75 Å². The number of ether oxygens (including phenoxy) is 1. The van der Waals surface area contributed by atoms with Crippen LogP contribution < -0.4 is 15.4 Å². The van der Waals surface area contributed by atoms with Gasteiger partial charge in [-0.15, -0.1) is 12.4 Å². The lowest BCUT2D eigenvalue weighted by Crippen LogP contribution is -2.26. The van der Waals surface area contributed by atoms with Gasteiger partial charge in [0.15, 0.2) is 0 Å². The van der Waals surface area contributed by atoms with E-state index in [-0.39, 0.29) is 18.3 Å². The largest absolute Gasteiger partial charge is 0.497 e. The van der Waals surface area contributed by atoms with Crippen LogP contribution in [-0.4, -0.2) is 42.4 Å². The lowest BCUT2D eigenvalue weighted by Gasteiger charge is -2.09. The maximum absolute atomic E-state index is 13.0. The van der Waals surface area contributed by atoms with E-state index < -0.39 is 0 Å². The number of nitrogens with one attached hydrogen (secondary N) is 2. The average molecular weight is 427 g/mol. The van der Waals surface area contributed by atoms with Crippen molar-refractivity contribution in [1.29, 1.82) is 0 Å². The van der Waals surface area contributed by atoms with Crippen molar-refractivity contribution in [3.05, 3.63) is 66.4 Å². The zero-order valence-corrected chi connectivity index (χ0v) is 17.8. The summed E-state index contributed by atoms with van der Waals surface area (Å²) in [5.41, 5.74) is 2.97. The SMILES string of the molecule is COc1cccc(-c2nn(-c3ccccc3)cc2C(=O)NCCC2CCNC2)c1.Cl. The van der Waals surface area contributed by atoms with E-state index >= 15 is 0 Å². The monoisotopic (exact) mass is 426 g/mol. The first-order chi connectivity index (χ1) is 14.2. The summed E-state index contributed by atoms with van der Waals surface area (Å²) in [6, 6.07) is 17.4. The summed E-state index contributed by atoms with van der Waals surface area (Å²) in [5.74, 6) is 1.27. The molecule has 4 rings (SSSR count). The van der Waals surface area contributed by atoms with Gasteiger partial charge in [0.05, 0.1) is 18.4 Å². The Labute approximate surface area is 183 Å². The van der Waals surface area contributed by atoms with E-state index in [2.05, 4.69) is 10.6 Å². The van der Waals surface area contributed by atoms with E-state index in [1.165, 1.54) is 6.42 Å². The Hall–Kier alpha value is -2.83. The molecule has 6 nitrogen and oxygen atoms in total. The highest BCUT2D eigenvalue weighted by atomic mass is 35.5. The summed E-state index contributed by atoms with van der Waals surface area (Å²) >= 11 is 0. The van der Waals surface area contributed by atoms with Crippen LogP contribution in [0.4, 0.5) is 0 Å². The molecule has 1 amide bonds. The fraction of sp³-hybridized carbons (Fsp3) is 0.304. The number of hydrogen-bond acceptors (Lipinski definition) is 4. The first-order valence-electron chi connectivity index (χ1n) is 10.0. The number of carbonyl (C=O) groups is 1. The average Bonchev–Trinajstić information content (AvgIpc) is 3.44. The highest BCUT2D eigenvalue weighted by Gasteiger charge is 2.20. The van der Waals surface area contributed by atoms with Gasteiger partial charge in [0.2, 0.25) is 0 Å². The van der Waals surface area contributed by atoms with Crippen molar-refractivity contribution in [3.8, 4) is 22.7 Å². The number of carbonyl (C=O) groups excluding carboxylic acids is 1. The van der Waals surface area contributed by atoms with Crippen LogP contribution in [0.2, 0.25) is 0 Å². The van der Waals surface area contributed by atoms with Crippen molar-refractivity contribution >= 4 is 18.3 Å². The van der Waals surface area contributed by atoms with Gasteiger partial charge in [-0.25, -0.2) is 4.68 Å². The Balaban J connectivity index is 0.00000256. The van der Waals surface area contributed by atoms with Crippen LogP contribution in [0.1, 0.15) is 23.2 Å². The third kappa shape index (κ3) is 5.01. The normalized spacial score (nSPS) is 15.4. The number of halogens is 1. The molecule has 1 saturated heterocycles. The second kappa shape index (κ2) is 10.3. The molecule has 0 bridgehead atoms. The van der Waals surface area contributed by atoms with Gasteiger partial charge in [-0.05, 0) is 56.1 Å². The van der Waals surface area contributed by atoms with E-state index in [0.29, 0.717) is 23.7 Å². The first-order valence-corrected chi connectivity index (χ1v) is 10.0. The second-order valence-electron chi connectivity index (χ2n) is 7.31. The molecule has 7 heteroatoms. The fourth-order valence-electron chi connectivity index (χ4n) is 3.68. The molecule has 2 N–H and O–H groups in total. The predicted octanol–water partition coefficient (Wildman–Crippen LogP) is 3.70. The molecule has 2 aromatic carbocycles. The van der Waals surface area contributed by atoms with Crippen LogP contribution in [-0.2, 0) is 0 Å². The highest BCUT2D eigenvalue weighted by molar-refractivity contribution is 6.00. The van der Waals surface area contributed by atoms with Gasteiger partial charge in [0.25, 0.3) is 5.91 Å². The lowest BCUT2D eigenvalue weighted by atomic mass is 10.0. The topological polar surface area (TPSA) is 68.2 Å². The van der Waals surface area contributed by atoms with Crippen LogP contribution in [0.3, 0.4) is 0 Å². The van der Waals surface area contributed by atoms with Crippen molar-refractivity contribution in [2.24, 2.45) is 5.92 Å². The summed E-state index contributed by atoms with van der Waals surface area (Å²) in [5, 5.41) is 11.2. The molecule has 1 atom stereocenters. The minimum Gasteiger partial charge on any atom is -0.497 e. The fourth-order valence-corrected chi connectivity index (χ4v) is 3.68. The molecule has 2 heterocycles. The minimum absolute atomic E-state index is 0. The van der Waals surface area contributed by atoms with E-state index in [1.807, 2.05) is 54.6 Å². The maximum atomic E-state index is 13.0. The molecule has 158 valence electrons. The molecule has 30 heavy (non-hydrogen) atoms. The molecule has 1 unspecified atom stereocenters. The smallest absolute Gasteiger partial charge is 0.255 e. The van der Waals surface area contributed by atoms with Crippen molar-refractivity contribution in [1.82, 2.24) is 20.4 Å². The molecule has 0 aliphatic carbocycles. The van der Waals surface area contributed by atoms with Gasteiger partial charge in [0.1, 0.15) is 11.4 Å². The quantitative estimate of drug-likeness (QED) is 0.604. The third-order valence-corrected chi connectivity index (χ3v) is 5.32. The van der Waals surface area contributed by atoms with Crippen molar-refractivity contribution in [2.45, 2.75) is 12.8 Å². The summed E-state index contributed by atoms with van der Waals surface area (Å²) in [4.78, 5) is 13.0. The Kier molecular flexibility index (Phi) is 7.49. The van der Waals surface area contributed by atoms with Gasteiger partial charge >= 0.3 is 0 Å². The number of methoxy groups -OCH3 is 1. The zero-order chi connectivity index (χ0) is 20.1. The number of amides is 1. The molecular weight excluding hydrogens is 400 g/mol. The number of hydrogen-bond donors (Lipinski definition) is 2. The predicted molar refractivity (Wildman–Crippen MR) is 121 cm³/mol. The Morgan fingerprint density at radius 1 is 1.23 bits per heavy atom. The van der Waals surface area contributed by atoms with Crippen LogP contribution in [0.25, 0.3) is 16.9 Å². The highest BCUT2D eigenvalue weighted by Crippen LogP contribution is 2.27. The summed E-state index contributed by atoms with van der Waals surface area (Å²) in [6.07, 6.45) is 3.97. The van der Waals surface area contributed by atoms with Crippen molar-refractivity contribution in [2.75, 3.05) is 26.7 Å². The molecule has 0 spiro atoms. The second-order valence-corrected chi connectivity index (χ2v) is 7.31. The number of benzene rings is 2. The van der Waals surface area contributed by atoms with Gasteiger partial charge in [0, 0.05) is 18.3 Å². The molecule has 1 fully saturated rings. The van der Waals surface area contributed by atoms with Gasteiger partial charge in [-0.1, -0.05) is 30.3 Å². The van der Waals surface area contributed by atoms with Gasteiger partial charge in [-0.3, -0.25) is 4.79 Å². The molecule has 1 aliphatic heterocycles. The first kappa shape index (κ1) is 21.9. The Bertz CT molecular complexity index is 968. The zero-order valence-electron chi connectivity index (χ0n) is 17.0. The number of nitrogens with zero attached hydrogens (tertiary/aromatic N) is 2. The van der Waals surface area contributed by atoms with Gasteiger partial charge in [-0.2, -0.15) is 5.10 Å². The molecule has 1 aliphatic rings. The summed E-state index contributed by atoms with van der Waals surface area (Å²) < 4.78 is 7.10. The van der Waals surface area contributed by atoms with Crippen molar-refractivity contribution in [3.63, 3.8) is 0 Å². The molecule has 3 aromatic rings. The van der Waals surface area contributed by atoms with Crippen LogP contribution >= 0.6 is 12.4 Å². The number of para-hydroxylation sites is 1. The van der Waals surface area contributed by atoms with Crippen molar-refractivity contribution < 1.29 is 9.53 Å².